The lowest BCUT2D eigenvalue weighted by Crippen LogP contribution is -2.14. The van der Waals surface area contributed by atoms with Crippen LogP contribution < -0.4 is 5.32 Å². The van der Waals surface area contributed by atoms with E-state index in [1.54, 1.807) is 13.8 Å². The zero-order chi connectivity index (χ0) is 19.8. The quantitative estimate of drug-likeness (QED) is 0.495. The molecule has 1 aromatic carbocycles. The van der Waals surface area contributed by atoms with Gasteiger partial charge in [0.15, 0.2) is 10.9 Å². The minimum absolute atomic E-state index is 0.304. The van der Waals surface area contributed by atoms with Crippen LogP contribution in [-0.2, 0) is 4.74 Å². The number of para-hydroxylation sites is 1. The van der Waals surface area contributed by atoms with Gasteiger partial charge in [-0.2, -0.15) is 0 Å². The van der Waals surface area contributed by atoms with Crippen LogP contribution in [0.5, 0.6) is 0 Å². The molecule has 4 aromatic rings. The van der Waals surface area contributed by atoms with Gasteiger partial charge in [0.25, 0.3) is 5.91 Å². The molecule has 3 aromatic heterocycles. The van der Waals surface area contributed by atoms with Crippen molar-refractivity contribution < 1.29 is 18.7 Å². The lowest BCUT2D eigenvalue weighted by Gasteiger charge is -2.02. The number of hydrogen-bond donors (Lipinski definition) is 2. The fourth-order valence-electron chi connectivity index (χ4n) is 3.10. The number of aromatic amines is 1. The first kappa shape index (κ1) is 18.0. The number of furan rings is 1. The van der Waals surface area contributed by atoms with Crippen LogP contribution in [0.3, 0.4) is 0 Å². The number of aryl methyl sites for hydroxylation is 1. The van der Waals surface area contributed by atoms with Crippen LogP contribution in [0.15, 0.2) is 40.1 Å². The Balaban J connectivity index is 1.57. The molecular formula is C20H17N3O4S. The van der Waals surface area contributed by atoms with E-state index >= 15 is 0 Å². The number of ether oxygens (including phenoxy) is 1. The molecule has 3 heterocycles. The molecule has 2 N–H and O–H groups in total. The monoisotopic (exact) mass is 395 g/mol. The Labute approximate surface area is 164 Å². The third kappa shape index (κ3) is 3.07. The summed E-state index contributed by atoms with van der Waals surface area (Å²) < 4.78 is 10.6. The molecule has 0 spiro atoms. The highest BCUT2D eigenvalue weighted by atomic mass is 32.1. The number of nitrogens with zero attached hydrogens (tertiary/aromatic N) is 1. The lowest BCUT2D eigenvalue weighted by atomic mass is 10.1. The van der Waals surface area contributed by atoms with Gasteiger partial charge in [0.2, 0.25) is 0 Å². The third-order valence-corrected chi connectivity index (χ3v) is 5.21. The molecule has 0 bridgehead atoms. The molecule has 1 amide bonds. The summed E-state index contributed by atoms with van der Waals surface area (Å²) in [6, 6.07) is 9.62. The van der Waals surface area contributed by atoms with Gasteiger partial charge in [-0.15, -0.1) is 11.3 Å². The van der Waals surface area contributed by atoms with Gasteiger partial charge >= 0.3 is 5.97 Å². The van der Waals surface area contributed by atoms with E-state index in [0.29, 0.717) is 39.1 Å². The van der Waals surface area contributed by atoms with Crippen molar-refractivity contribution in [3.63, 3.8) is 0 Å². The Morgan fingerprint density at radius 2 is 2.04 bits per heavy atom. The zero-order valence-electron chi connectivity index (χ0n) is 15.5. The van der Waals surface area contributed by atoms with Crippen LogP contribution in [0.2, 0.25) is 0 Å². The summed E-state index contributed by atoms with van der Waals surface area (Å²) in [6.07, 6.45) is 0. The van der Waals surface area contributed by atoms with Crippen LogP contribution in [-0.4, -0.2) is 29.0 Å². The number of methoxy groups -OCH3 is 1. The number of rotatable bonds is 4. The molecule has 0 fully saturated rings. The average Bonchev–Trinajstić information content (AvgIpc) is 3.38. The smallest absolute Gasteiger partial charge is 0.339 e. The summed E-state index contributed by atoms with van der Waals surface area (Å²) >= 11 is 1.30. The van der Waals surface area contributed by atoms with Gasteiger partial charge in [0.1, 0.15) is 17.0 Å². The van der Waals surface area contributed by atoms with Crippen LogP contribution in [0, 0.1) is 13.8 Å². The van der Waals surface area contributed by atoms with Crippen LogP contribution >= 0.6 is 11.3 Å². The fourth-order valence-corrected chi connectivity index (χ4v) is 3.79. The van der Waals surface area contributed by atoms with Crippen molar-refractivity contribution >= 4 is 39.3 Å². The van der Waals surface area contributed by atoms with Crippen molar-refractivity contribution in [1.29, 1.82) is 0 Å². The molecule has 0 radical (unpaired) electrons. The molecule has 0 aliphatic carbocycles. The van der Waals surface area contributed by atoms with E-state index in [4.69, 9.17) is 9.15 Å². The van der Waals surface area contributed by atoms with E-state index < -0.39 is 5.97 Å². The van der Waals surface area contributed by atoms with Gasteiger partial charge in [-0.1, -0.05) is 18.2 Å². The van der Waals surface area contributed by atoms with Gasteiger partial charge < -0.3 is 14.1 Å². The first-order chi connectivity index (χ1) is 13.5. The highest BCUT2D eigenvalue weighted by molar-refractivity contribution is 7.14. The van der Waals surface area contributed by atoms with Gasteiger partial charge in [-0.25, -0.2) is 9.78 Å². The molecule has 8 heteroatoms. The SMILES string of the molecule is COC(=O)c1c(C)[nH]c(C(=O)Nc2nc(-c3cc4ccccc4o3)cs2)c1C. The molecule has 7 nitrogen and oxygen atoms in total. The van der Waals surface area contributed by atoms with E-state index in [0.717, 1.165) is 11.0 Å². The van der Waals surface area contributed by atoms with Crippen molar-refractivity contribution in [3.8, 4) is 11.5 Å². The van der Waals surface area contributed by atoms with Crippen LogP contribution in [0.25, 0.3) is 22.4 Å². The normalized spacial score (nSPS) is 11.0. The maximum Gasteiger partial charge on any atom is 0.339 e. The number of carbonyl (C=O) groups is 2. The predicted octanol–water partition coefficient (Wildman–Crippen LogP) is 4.54. The summed E-state index contributed by atoms with van der Waals surface area (Å²) in [4.78, 5) is 31.9. The number of fused-ring (bicyclic) bond motifs is 1. The molecule has 0 atom stereocenters. The third-order valence-electron chi connectivity index (χ3n) is 4.46. The van der Waals surface area contributed by atoms with Crippen molar-refractivity contribution in [2.24, 2.45) is 0 Å². The minimum atomic E-state index is -0.480. The van der Waals surface area contributed by atoms with Crippen LogP contribution in [0.4, 0.5) is 5.13 Å². The Kier molecular flexibility index (Phi) is 4.48. The van der Waals surface area contributed by atoms with Gasteiger partial charge in [-0.05, 0) is 31.5 Å². The van der Waals surface area contributed by atoms with Crippen molar-refractivity contribution in [1.82, 2.24) is 9.97 Å². The molecule has 0 saturated carbocycles. The first-order valence-corrected chi connectivity index (χ1v) is 9.39. The summed E-state index contributed by atoms with van der Waals surface area (Å²) in [7, 11) is 1.31. The van der Waals surface area contributed by atoms with Crippen molar-refractivity contribution in [2.45, 2.75) is 13.8 Å². The molecule has 142 valence electrons. The lowest BCUT2D eigenvalue weighted by molar-refractivity contribution is 0.0599. The maximum atomic E-state index is 12.6. The van der Waals surface area contributed by atoms with Gasteiger partial charge in [0.05, 0.1) is 12.7 Å². The Morgan fingerprint density at radius 3 is 2.79 bits per heavy atom. The van der Waals surface area contributed by atoms with Gasteiger partial charge in [-0.3, -0.25) is 10.1 Å². The number of carbonyl (C=O) groups excluding carboxylic acids is 2. The molecule has 0 aliphatic heterocycles. The molecule has 28 heavy (non-hydrogen) atoms. The van der Waals surface area contributed by atoms with E-state index in [9.17, 15) is 9.59 Å². The highest BCUT2D eigenvalue weighted by Gasteiger charge is 2.23. The number of amides is 1. The second-order valence-electron chi connectivity index (χ2n) is 6.26. The van der Waals surface area contributed by atoms with Crippen molar-refractivity contribution in [2.75, 3.05) is 12.4 Å². The second-order valence-corrected chi connectivity index (χ2v) is 7.12. The molecule has 0 saturated heterocycles. The van der Waals surface area contributed by atoms with Crippen molar-refractivity contribution in [3.05, 3.63) is 58.2 Å². The number of benzene rings is 1. The Bertz CT molecular complexity index is 1170. The number of aromatic nitrogens is 2. The summed E-state index contributed by atoms with van der Waals surface area (Å²) in [6.45, 7) is 3.42. The number of thiazole rings is 1. The summed E-state index contributed by atoms with van der Waals surface area (Å²) in [5.74, 6) is -0.217. The fraction of sp³-hybridized carbons (Fsp3) is 0.150. The number of hydrogen-bond acceptors (Lipinski definition) is 6. The standard InChI is InChI=1S/C20H17N3O4S/c1-10-16(19(25)26-3)11(2)21-17(10)18(24)23-20-22-13(9-28-20)15-8-12-6-4-5-7-14(12)27-15/h4-9,21H,1-3H3,(H,22,23,24). The first-order valence-electron chi connectivity index (χ1n) is 8.51. The molecule has 0 aliphatic rings. The minimum Gasteiger partial charge on any atom is -0.465 e. The van der Waals surface area contributed by atoms with Gasteiger partial charge in [0, 0.05) is 16.5 Å². The summed E-state index contributed by atoms with van der Waals surface area (Å²) in [5.41, 5.74) is 3.22. The maximum absolute atomic E-state index is 12.6. The van der Waals surface area contributed by atoms with E-state index in [1.807, 2.05) is 35.7 Å². The highest BCUT2D eigenvalue weighted by Crippen LogP contribution is 2.30. The Morgan fingerprint density at radius 1 is 1.25 bits per heavy atom. The number of H-pyrrole nitrogens is 1. The molecular weight excluding hydrogens is 378 g/mol. The zero-order valence-corrected chi connectivity index (χ0v) is 16.3. The van der Waals surface area contributed by atoms with E-state index in [-0.39, 0.29) is 5.91 Å². The van der Waals surface area contributed by atoms with E-state index in [2.05, 4.69) is 15.3 Å². The van der Waals surface area contributed by atoms with Crippen LogP contribution in [0.1, 0.15) is 32.1 Å². The topological polar surface area (TPSA) is 97.2 Å². The largest absolute Gasteiger partial charge is 0.465 e. The summed E-state index contributed by atoms with van der Waals surface area (Å²) in [5, 5.41) is 6.01. The Hall–Kier alpha value is -3.39. The van der Waals surface area contributed by atoms with E-state index in [1.165, 1.54) is 18.4 Å². The molecule has 0 unspecified atom stereocenters. The number of anilines is 1. The molecule has 4 rings (SSSR count). The second kappa shape index (κ2) is 6.97. The average molecular weight is 395 g/mol. The predicted molar refractivity (Wildman–Crippen MR) is 107 cm³/mol. The number of esters is 1. The number of nitrogens with one attached hydrogen (secondary N) is 2.